The number of amides is 1. The number of rotatable bonds is 6. The van der Waals surface area contributed by atoms with E-state index in [2.05, 4.69) is 0 Å². The molecule has 1 aromatic rings. The minimum Gasteiger partial charge on any atom is -0.474 e. The highest BCUT2D eigenvalue weighted by molar-refractivity contribution is 5.69. The van der Waals surface area contributed by atoms with Crippen LogP contribution < -0.4 is 10.5 Å². The van der Waals surface area contributed by atoms with E-state index in [1.165, 1.54) is 0 Å². The molecule has 3 N–H and O–H groups in total. The molecule has 0 aliphatic rings. The number of carbonyl (C=O) groups is 2. The normalized spacial score (nSPS) is 11.2. The van der Waals surface area contributed by atoms with Gasteiger partial charge in [0, 0.05) is 0 Å². The summed E-state index contributed by atoms with van der Waals surface area (Å²) in [7, 11) is 0. The first-order chi connectivity index (χ1) is 9.06. The SMILES string of the molecule is N#Cc1ccc(OC(N)CN(CC=O)C(=O)O)cc1. The molecule has 0 heterocycles. The average Bonchev–Trinajstić information content (AvgIpc) is 2.39. The van der Waals surface area contributed by atoms with Crippen molar-refractivity contribution in [2.45, 2.75) is 6.23 Å². The lowest BCUT2D eigenvalue weighted by Crippen LogP contribution is -2.44. The minimum absolute atomic E-state index is 0.131. The summed E-state index contributed by atoms with van der Waals surface area (Å²) in [6.07, 6.45) is -1.67. The number of benzene rings is 1. The van der Waals surface area contributed by atoms with Crippen LogP contribution in [0.2, 0.25) is 0 Å². The number of hydrogen-bond donors (Lipinski definition) is 2. The van der Waals surface area contributed by atoms with Gasteiger partial charge in [0.25, 0.3) is 0 Å². The van der Waals surface area contributed by atoms with Crippen LogP contribution in [-0.4, -0.2) is 41.7 Å². The lowest BCUT2D eigenvalue weighted by atomic mass is 10.2. The number of carbonyl (C=O) groups excluding carboxylic acids is 1. The van der Waals surface area contributed by atoms with Crippen molar-refractivity contribution >= 4 is 12.4 Å². The first-order valence-electron chi connectivity index (χ1n) is 5.40. The van der Waals surface area contributed by atoms with Gasteiger partial charge in [-0.2, -0.15) is 5.26 Å². The van der Waals surface area contributed by atoms with E-state index in [9.17, 15) is 9.59 Å². The summed E-state index contributed by atoms with van der Waals surface area (Å²) in [6, 6.07) is 8.19. The molecular weight excluding hydrogens is 250 g/mol. The van der Waals surface area contributed by atoms with Crippen molar-refractivity contribution in [2.75, 3.05) is 13.1 Å². The molecule has 7 heteroatoms. The zero-order chi connectivity index (χ0) is 14.3. The van der Waals surface area contributed by atoms with Crippen LogP contribution in [0.25, 0.3) is 0 Å². The van der Waals surface area contributed by atoms with Crippen molar-refractivity contribution in [2.24, 2.45) is 5.73 Å². The van der Waals surface area contributed by atoms with Crippen LogP contribution in [0.5, 0.6) is 5.75 Å². The number of ether oxygens (including phenoxy) is 1. The number of nitrogens with two attached hydrogens (primary N) is 1. The lowest BCUT2D eigenvalue weighted by molar-refractivity contribution is -0.108. The Morgan fingerprint density at radius 1 is 1.53 bits per heavy atom. The maximum atomic E-state index is 10.8. The number of nitriles is 1. The van der Waals surface area contributed by atoms with E-state index in [0.717, 1.165) is 4.90 Å². The zero-order valence-corrected chi connectivity index (χ0v) is 10.0. The van der Waals surface area contributed by atoms with E-state index in [1.807, 2.05) is 6.07 Å². The molecule has 1 unspecified atom stereocenters. The number of nitrogens with zero attached hydrogens (tertiary/aromatic N) is 2. The van der Waals surface area contributed by atoms with E-state index < -0.39 is 12.3 Å². The molecule has 0 aliphatic heterocycles. The molecule has 1 amide bonds. The Kier molecular flexibility index (Phi) is 5.32. The highest BCUT2D eigenvalue weighted by Crippen LogP contribution is 2.12. The summed E-state index contributed by atoms with van der Waals surface area (Å²) in [5.74, 6) is 0.419. The highest BCUT2D eigenvalue weighted by atomic mass is 16.5. The topological polar surface area (TPSA) is 117 Å². The Labute approximate surface area is 109 Å². The van der Waals surface area contributed by atoms with Crippen molar-refractivity contribution in [1.29, 1.82) is 5.26 Å². The predicted molar refractivity (Wildman–Crippen MR) is 65.4 cm³/mol. The summed E-state index contributed by atoms with van der Waals surface area (Å²) >= 11 is 0. The van der Waals surface area contributed by atoms with Crippen LogP contribution in [0.1, 0.15) is 5.56 Å². The fourth-order valence-corrected chi connectivity index (χ4v) is 1.36. The molecule has 19 heavy (non-hydrogen) atoms. The fraction of sp³-hybridized carbons (Fsp3) is 0.250. The van der Waals surface area contributed by atoms with Gasteiger partial charge in [0.2, 0.25) is 0 Å². The monoisotopic (exact) mass is 263 g/mol. The zero-order valence-electron chi connectivity index (χ0n) is 10.0. The Morgan fingerprint density at radius 2 is 2.16 bits per heavy atom. The van der Waals surface area contributed by atoms with Gasteiger partial charge in [-0.25, -0.2) is 4.79 Å². The molecule has 7 nitrogen and oxygen atoms in total. The molecule has 0 fully saturated rings. The smallest absolute Gasteiger partial charge is 0.407 e. The molecule has 1 aromatic carbocycles. The minimum atomic E-state index is -1.24. The molecule has 0 aliphatic carbocycles. The van der Waals surface area contributed by atoms with Crippen molar-refractivity contribution in [3.63, 3.8) is 0 Å². The maximum absolute atomic E-state index is 10.8. The third kappa shape index (κ3) is 4.65. The van der Waals surface area contributed by atoms with E-state index in [4.69, 9.17) is 20.8 Å². The summed E-state index contributed by atoms with van der Waals surface area (Å²) < 4.78 is 5.29. The van der Waals surface area contributed by atoms with Crippen molar-refractivity contribution < 1.29 is 19.4 Å². The second-order valence-corrected chi connectivity index (χ2v) is 3.65. The second-order valence-electron chi connectivity index (χ2n) is 3.65. The molecular formula is C12H13N3O4. The standard InChI is InChI=1S/C12H13N3O4/c13-7-9-1-3-10(4-2-9)19-11(14)8-15(5-6-16)12(17)18/h1-4,6,11H,5,8,14H2,(H,17,18). The van der Waals surface area contributed by atoms with E-state index in [0.29, 0.717) is 17.6 Å². The number of aldehydes is 1. The van der Waals surface area contributed by atoms with Crippen LogP contribution in [-0.2, 0) is 4.79 Å². The fourth-order valence-electron chi connectivity index (χ4n) is 1.36. The van der Waals surface area contributed by atoms with Crippen molar-refractivity contribution in [3.05, 3.63) is 29.8 Å². The van der Waals surface area contributed by atoms with Crippen molar-refractivity contribution in [1.82, 2.24) is 4.90 Å². The molecule has 1 atom stereocenters. The molecule has 0 saturated heterocycles. The summed E-state index contributed by atoms with van der Waals surface area (Å²) in [4.78, 5) is 21.9. The van der Waals surface area contributed by atoms with Gasteiger partial charge in [-0.05, 0) is 24.3 Å². The molecule has 0 saturated carbocycles. The third-order valence-corrected chi connectivity index (χ3v) is 2.24. The molecule has 0 aromatic heterocycles. The van der Waals surface area contributed by atoms with Crippen LogP contribution in [0.15, 0.2) is 24.3 Å². The molecule has 0 radical (unpaired) electrons. The quantitative estimate of drug-likeness (QED) is 0.566. The molecule has 0 bridgehead atoms. The predicted octanol–water partition coefficient (Wildman–Crippen LogP) is 0.401. The molecule has 100 valence electrons. The van der Waals surface area contributed by atoms with Gasteiger partial charge in [0.05, 0.1) is 24.7 Å². The Hall–Kier alpha value is -2.59. The Balaban J connectivity index is 2.58. The van der Waals surface area contributed by atoms with Crippen LogP contribution in [0.4, 0.5) is 4.79 Å². The van der Waals surface area contributed by atoms with Gasteiger partial charge in [-0.15, -0.1) is 0 Å². The number of hydrogen-bond acceptors (Lipinski definition) is 5. The van der Waals surface area contributed by atoms with Gasteiger partial charge in [-0.1, -0.05) is 0 Å². The van der Waals surface area contributed by atoms with Gasteiger partial charge in [0.15, 0.2) is 6.23 Å². The molecule has 0 spiro atoms. The van der Waals surface area contributed by atoms with Gasteiger partial charge in [0.1, 0.15) is 12.0 Å². The Morgan fingerprint density at radius 3 is 2.63 bits per heavy atom. The van der Waals surface area contributed by atoms with Gasteiger partial charge >= 0.3 is 6.09 Å². The number of carboxylic acid groups (broad SMARTS) is 1. The van der Waals surface area contributed by atoms with Gasteiger partial charge < -0.3 is 14.6 Å². The van der Waals surface area contributed by atoms with Crippen molar-refractivity contribution in [3.8, 4) is 11.8 Å². The first-order valence-corrected chi connectivity index (χ1v) is 5.40. The highest BCUT2D eigenvalue weighted by Gasteiger charge is 2.16. The van der Waals surface area contributed by atoms with E-state index in [-0.39, 0.29) is 13.1 Å². The average molecular weight is 263 g/mol. The van der Waals surface area contributed by atoms with Gasteiger partial charge in [-0.3, -0.25) is 10.6 Å². The summed E-state index contributed by atoms with van der Waals surface area (Å²) in [5, 5.41) is 17.4. The lowest BCUT2D eigenvalue weighted by Gasteiger charge is -2.21. The summed E-state index contributed by atoms with van der Waals surface area (Å²) in [5.41, 5.74) is 6.12. The largest absolute Gasteiger partial charge is 0.474 e. The van der Waals surface area contributed by atoms with E-state index >= 15 is 0 Å². The van der Waals surface area contributed by atoms with E-state index in [1.54, 1.807) is 24.3 Å². The van der Waals surface area contributed by atoms with Crippen LogP contribution in [0, 0.1) is 11.3 Å². The third-order valence-electron chi connectivity index (χ3n) is 2.24. The summed E-state index contributed by atoms with van der Waals surface area (Å²) in [6.45, 7) is -0.395. The Bertz CT molecular complexity index is 481. The first kappa shape index (κ1) is 14.5. The second kappa shape index (κ2) is 6.98. The molecule has 1 rings (SSSR count). The van der Waals surface area contributed by atoms with Crippen LogP contribution >= 0.6 is 0 Å². The van der Waals surface area contributed by atoms with Crippen LogP contribution in [0.3, 0.4) is 0 Å². The maximum Gasteiger partial charge on any atom is 0.407 e.